The lowest BCUT2D eigenvalue weighted by Gasteiger charge is -1.96. The van der Waals surface area contributed by atoms with Crippen molar-refractivity contribution in [2.75, 3.05) is 0 Å². The van der Waals surface area contributed by atoms with E-state index in [0.29, 0.717) is 22.9 Å². The van der Waals surface area contributed by atoms with Gasteiger partial charge >= 0.3 is 0 Å². The number of nitrogens with zero attached hydrogens (tertiary/aromatic N) is 6. The van der Waals surface area contributed by atoms with Gasteiger partial charge in [0.15, 0.2) is 11.2 Å². The molecule has 0 unspecified atom stereocenters. The highest BCUT2D eigenvalue weighted by Crippen LogP contribution is 2.37. The summed E-state index contributed by atoms with van der Waals surface area (Å²) in [5.41, 5.74) is 4.99. The highest BCUT2D eigenvalue weighted by Gasteiger charge is 2.16. The molecule has 0 radical (unpaired) electrons. The van der Waals surface area contributed by atoms with Gasteiger partial charge in [-0.1, -0.05) is 0 Å². The van der Waals surface area contributed by atoms with Crippen molar-refractivity contribution in [3.8, 4) is 42.7 Å². The normalized spacial score (nSPS) is 11.7. The lowest BCUT2D eigenvalue weighted by molar-refractivity contribution is 0.621. The number of rotatable bonds is 4. The molecule has 0 saturated carbocycles. The monoisotopic (exact) mass is 530 g/mol. The summed E-state index contributed by atoms with van der Waals surface area (Å²) in [5.74, 6) is 1.10. The van der Waals surface area contributed by atoms with Crippen molar-refractivity contribution >= 4 is 55.6 Å². The Morgan fingerprint density at radius 2 is 1.00 bits per heavy atom. The van der Waals surface area contributed by atoms with Crippen LogP contribution in [0.15, 0.2) is 94.5 Å². The van der Waals surface area contributed by atoms with Crippen LogP contribution >= 0.6 is 22.7 Å². The van der Waals surface area contributed by atoms with E-state index >= 15 is 0 Å². The molecule has 0 aliphatic heterocycles. The topological polar surface area (TPSA) is 104 Å². The van der Waals surface area contributed by atoms with Crippen LogP contribution in [0.4, 0.5) is 0 Å². The molecular weight excluding hydrogens is 516 g/mol. The van der Waals surface area contributed by atoms with Crippen LogP contribution in [0.25, 0.3) is 75.6 Å². The molecule has 0 bridgehead atoms. The Morgan fingerprint density at radius 1 is 0.553 bits per heavy atom. The summed E-state index contributed by atoms with van der Waals surface area (Å²) in [6.07, 6.45) is 10.6. The average Bonchev–Trinajstić information content (AvgIpc) is 3.76. The van der Waals surface area contributed by atoms with E-state index in [1.807, 2.05) is 48.5 Å². The lowest BCUT2D eigenvalue weighted by atomic mass is 10.1. The minimum absolute atomic E-state index is 0.549. The molecule has 0 aliphatic rings. The first kappa shape index (κ1) is 21.3. The number of aromatic nitrogens is 6. The van der Waals surface area contributed by atoms with Gasteiger partial charge in [-0.25, -0.2) is 19.9 Å². The van der Waals surface area contributed by atoms with Crippen molar-refractivity contribution in [2.24, 2.45) is 0 Å². The molecule has 0 spiro atoms. The molecule has 0 N–H and O–H groups in total. The molecule has 0 amide bonds. The van der Waals surface area contributed by atoms with Crippen LogP contribution in [0, 0.1) is 0 Å². The molecule has 8 rings (SSSR count). The van der Waals surface area contributed by atoms with E-state index in [9.17, 15) is 0 Å². The third kappa shape index (κ3) is 3.58. The fourth-order valence-electron chi connectivity index (χ4n) is 4.31. The largest absolute Gasteiger partial charge is 0.435 e. The van der Waals surface area contributed by atoms with Gasteiger partial charge in [0.25, 0.3) is 0 Å². The Kier molecular flexibility index (Phi) is 4.69. The smallest absolute Gasteiger partial charge is 0.239 e. The Balaban J connectivity index is 1.15. The Morgan fingerprint density at radius 3 is 1.45 bits per heavy atom. The fourth-order valence-corrected chi connectivity index (χ4v) is 6.00. The highest BCUT2D eigenvalue weighted by atomic mass is 32.1. The van der Waals surface area contributed by atoms with Gasteiger partial charge in [0.2, 0.25) is 11.8 Å². The maximum Gasteiger partial charge on any atom is 0.239 e. The SMILES string of the molecule is c1cc(-c2ncc(-c3nc4cc5cc6oc(-c7cnc(-c8ccncc8)s7)nc6cc5cc4o3)s2)ccn1. The highest BCUT2D eigenvalue weighted by molar-refractivity contribution is 7.18. The van der Waals surface area contributed by atoms with Crippen molar-refractivity contribution in [2.45, 2.75) is 0 Å². The quantitative estimate of drug-likeness (QED) is 0.230. The van der Waals surface area contributed by atoms with Gasteiger partial charge in [-0.2, -0.15) is 0 Å². The van der Waals surface area contributed by atoms with Gasteiger partial charge in [-0.15, -0.1) is 22.7 Å². The van der Waals surface area contributed by atoms with E-state index in [4.69, 9.17) is 18.8 Å². The van der Waals surface area contributed by atoms with Crippen molar-refractivity contribution in [1.82, 2.24) is 29.9 Å². The summed E-state index contributed by atoms with van der Waals surface area (Å²) in [4.78, 5) is 28.4. The van der Waals surface area contributed by atoms with Crippen molar-refractivity contribution in [3.63, 3.8) is 0 Å². The predicted octanol–water partition coefficient (Wildman–Crippen LogP) is 7.49. The molecule has 180 valence electrons. The van der Waals surface area contributed by atoms with Crippen LogP contribution in [-0.4, -0.2) is 29.9 Å². The molecule has 0 atom stereocenters. The number of pyridine rings is 2. The molecule has 6 heterocycles. The Labute approximate surface area is 222 Å². The molecule has 6 aromatic heterocycles. The summed E-state index contributed by atoms with van der Waals surface area (Å²) in [5, 5.41) is 3.78. The second-order valence-corrected chi connectivity index (χ2v) is 10.6. The van der Waals surface area contributed by atoms with Crippen LogP contribution in [0.5, 0.6) is 0 Å². The van der Waals surface area contributed by atoms with Gasteiger partial charge in [-0.3, -0.25) is 9.97 Å². The van der Waals surface area contributed by atoms with Crippen LogP contribution < -0.4 is 0 Å². The maximum absolute atomic E-state index is 6.13. The number of hydrogen-bond donors (Lipinski definition) is 0. The van der Waals surface area contributed by atoms with Crippen LogP contribution in [0.3, 0.4) is 0 Å². The molecule has 0 saturated heterocycles. The molecule has 2 aromatic carbocycles. The summed E-state index contributed by atoms with van der Waals surface area (Å²) in [6.45, 7) is 0. The van der Waals surface area contributed by atoms with E-state index in [1.165, 1.54) is 22.7 Å². The van der Waals surface area contributed by atoms with Crippen molar-refractivity contribution in [3.05, 3.63) is 85.7 Å². The number of oxazole rings is 2. The van der Waals surface area contributed by atoms with Crippen LogP contribution in [-0.2, 0) is 0 Å². The first-order valence-corrected chi connectivity index (χ1v) is 13.3. The van der Waals surface area contributed by atoms with Gasteiger partial charge in [0.05, 0.1) is 12.4 Å². The molecule has 8 aromatic rings. The Hall–Kier alpha value is -4.80. The molecule has 0 fully saturated rings. The summed E-state index contributed by atoms with van der Waals surface area (Å²) >= 11 is 3.07. The molecule has 10 heteroatoms. The van der Waals surface area contributed by atoms with E-state index in [-0.39, 0.29) is 0 Å². The first-order chi connectivity index (χ1) is 18.8. The van der Waals surface area contributed by atoms with Crippen molar-refractivity contribution < 1.29 is 8.83 Å². The van der Waals surface area contributed by atoms with Gasteiger partial charge in [0, 0.05) is 35.9 Å². The number of hydrogen-bond acceptors (Lipinski definition) is 10. The maximum atomic E-state index is 6.13. The number of benzene rings is 2. The second kappa shape index (κ2) is 8.37. The van der Waals surface area contributed by atoms with E-state index in [1.54, 1.807) is 37.2 Å². The summed E-state index contributed by atoms with van der Waals surface area (Å²) in [6, 6.07) is 15.8. The second-order valence-electron chi connectivity index (χ2n) is 8.56. The van der Waals surface area contributed by atoms with Gasteiger partial charge in [0.1, 0.15) is 30.8 Å². The van der Waals surface area contributed by atoms with Gasteiger partial charge < -0.3 is 8.83 Å². The zero-order valence-electron chi connectivity index (χ0n) is 19.4. The third-order valence-corrected chi connectivity index (χ3v) is 8.21. The molecular formula is C28H14N6O2S2. The fraction of sp³-hybridized carbons (Fsp3) is 0. The predicted molar refractivity (Wildman–Crippen MR) is 148 cm³/mol. The van der Waals surface area contributed by atoms with Crippen LogP contribution in [0.1, 0.15) is 0 Å². The standard InChI is InChI=1S/C28H14N6O2S2/c1-5-29-6-2-15(1)27-31-13-23(37-27)25-33-19-9-17-12-22-20(10-18(17)11-21(19)35-25)34-26(36-22)24-14-32-28(38-24)16-3-7-30-8-4-16/h1-14H. The zero-order chi connectivity index (χ0) is 25.1. The van der Waals surface area contributed by atoms with Crippen molar-refractivity contribution in [1.29, 1.82) is 0 Å². The van der Waals surface area contributed by atoms with Crippen LogP contribution in [0.2, 0.25) is 0 Å². The molecule has 8 nitrogen and oxygen atoms in total. The minimum Gasteiger partial charge on any atom is -0.435 e. The minimum atomic E-state index is 0.549. The molecule has 0 aliphatic carbocycles. The summed E-state index contributed by atoms with van der Waals surface area (Å²) in [7, 11) is 0. The van der Waals surface area contributed by atoms with E-state index < -0.39 is 0 Å². The van der Waals surface area contributed by atoms with Gasteiger partial charge in [-0.05, 0) is 59.3 Å². The lowest BCUT2D eigenvalue weighted by Crippen LogP contribution is -1.76. The average molecular weight is 531 g/mol. The summed E-state index contributed by atoms with van der Waals surface area (Å²) < 4.78 is 12.3. The number of fused-ring (bicyclic) bond motifs is 3. The molecule has 38 heavy (non-hydrogen) atoms. The first-order valence-electron chi connectivity index (χ1n) is 11.6. The number of thiazole rings is 2. The zero-order valence-corrected chi connectivity index (χ0v) is 21.0. The Bertz CT molecular complexity index is 1880. The van der Waals surface area contributed by atoms with E-state index in [2.05, 4.69) is 19.9 Å². The third-order valence-electron chi connectivity index (χ3n) is 6.14. The van der Waals surface area contributed by atoms with E-state index in [0.717, 1.165) is 52.7 Å².